The molecule has 0 spiro atoms. The average molecular weight is 382 g/mol. The lowest BCUT2D eigenvalue weighted by Crippen LogP contribution is -2.15. The molecule has 4 aromatic carbocycles. The average Bonchev–Trinajstić information content (AvgIpc) is 2.75. The third kappa shape index (κ3) is 4.67. The van der Waals surface area contributed by atoms with Crippen molar-refractivity contribution in [3.63, 3.8) is 0 Å². The predicted octanol–water partition coefficient (Wildman–Crippen LogP) is 6.73. The van der Waals surface area contributed by atoms with E-state index in [9.17, 15) is 5.11 Å². The van der Waals surface area contributed by atoms with Gasteiger partial charge in [-0.15, -0.1) is 0 Å². The minimum absolute atomic E-state index is 0.0137. The molecule has 2 atom stereocenters. The SMILES string of the molecule is Cc1ccc(NC(CC(O)c2ccc3ccccc3c2)c2ccc(C)cc2)cc1. The maximum absolute atomic E-state index is 11.0. The number of aliphatic hydroxyl groups is 1. The summed E-state index contributed by atoms with van der Waals surface area (Å²) >= 11 is 0. The van der Waals surface area contributed by atoms with E-state index in [0.29, 0.717) is 6.42 Å². The van der Waals surface area contributed by atoms with E-state index >= 15 is 0 Å². The quantitative estimate of drug-likeness (QED) is 0.388. The summed E-state index contributed by atoms with van der Waals surface area (Å²) in [5.41, 5.74) is 5.66. The van der Waals surface area contributed by atoms with Crippen LogP contribution in [0.3, 0.4) is 0 Å². The number of hydrogen-bond donors (Lipinski definition) is 2. The fraction of sp³-hybridized carbons (Fsp3) is 0.185. The van der Waals surface area contributed by atoms with Crippen LogP contribution in [0, 0.1) is 13.8 Å². The summed E-state index contributed by atoms with van der Waals surface area (Å²) in [6.07, 6.45) is 0.0406. The van der Waals surface area contributed by atoms with Crippen LogP contribution in [0.5, 0.6) is 0 Å². The summed E-state index contributed by atoms with van der Waals surface area (Å²) in [4.78, 5) is 0. The number of hydrogen-bond acceptors (Lipinski definition) is 2. The zero-order valence-electron chi connectivity index (χ0n) is 17.0. The highest BCUT2D eigenvalue weighted by Crippen LogP contribution is 2.31. The number of rotatable bonds is 6. The summed E-state index contributed by atoms with van der Waals surface area (Å²) in [6.45, 7) is 4.18. The Morgan fingerprint density at radius 1 is 0.690 bits per heavy atom. The lowest BCUT2D eigenvalue weighted by Gasteiger charge is -2.24. The van der Waals surface area contributed by atoms with Gasteiger partial charge in [0.15, 0.2) is 0 Å². The van der Waals surface area contributed by atoms with Crippen LogP contribution in [0.1, 0.15) is 40.8 Å². The van der Waals surface area contributed by atoms with E-state index < -0.39 is 6.10 Å². The molecule has 4 rings (SSSR count). The van der Waals surface area contributed by atoms with Gasteiger partial charge in [0, 0.05) is 12.1 Å². The molecular weight excluding hydrogens is 354 g/mol. The third-order valence-electron chi connectivity index (χ3n) is 5.49. The number of fused-ring (bicyclic) bond motifs is 1. The fourth-order valence-corrected chi connectivity index (χ4v) is 3.70. The zero-order valence-corrected chi connectivity index (χ0v) is 17.0. The largest absolute Gasteiger partial charge is 0.388 e. The topological polar surface area (TPSA) is 32.3 Å². The number of anilines is 1. The van der Waals surface area contributed by atoms with Gasteiger partial charge >= 0.3 is 0 Å². The molecule has 0 aliphatic heterocycles. The van der Waals surface area contributed by atoms with E-state index in [-0.39, 0.29) is 6.04 Å². The van der Waals surface area contributed by atoms with Gasteiger partial charge < -0.3 is 10.4 Å². The van der Waals surface area contributed by atoms with Crippen LogP contribution in [-0.2, 0) is 0 Å². The first-order valence-electron chi connectivity index (χ1n) is 10.1. The molecule has 0 aromatic heterocycles. The molecule has 0 saturated carbocycles. The Labute approximate surface area is 172 Å². The Morgan fingerprint density at radius 3 is 1.97 bits per heavy atom. The first-order valence-corrected chi connectivity index (χ1v) is 10.1. The van der Waals surface area contributed by atoms with E-state index in [1.165, 1.54) is 22.1 Å². The molecule has 0 radical (unpaired) electrons. The van der Waals surface area contributed by atoms with Crippen molar-refractivity contribution in [2.45, 2.75) is 32.4 Å². The first-order chi connectivity index (χ1) is 14.1. The van der Waals surface area contributed by atoms with Gasteiger partial charge in [-0.1, -0.05) is 83.9 Å². The molecule has 0 aliphatic carbocycles. The highest BCUT2D eigenvalue weighted by Gasteiger charge is 2.18. The summed E-state index contributed by atoms with van der Waals surface area (Å²) in [5.74, 6) is 0. The van der Waals surface area contributed by atoms with E-state index in [1.807, 2.05) is 18.2 Å². The fourth-order valence-electron chi connectivity index (χ4n) is 3.70. The molecule has 146 valence electrons. The number of nitrogens with one attached hydrogen (secondary N) is 1. The Kier molecular flexibility index (Phi) is 5.64. The van der Waals surface area contributed by atoms with Gasteiger partial charge in [-0.05, 0) is 53.9 Å². The summed E-state index contributed by atoms with van der Waals surface area (Å²) in [5, 5.41) is 17.0. The maximum atomic E-state index is 11.0. The molecule has 0 saturated heterocycles. The lowest BCUT2D eigenvalue weighted by atomic mass is 9.94. The maximum Gasteiger partial charge on any atom is 0.0813 e. The van der Waals surface area contributed by atoms with Crippen LogP contribution in [0.4, 0.5) is 5.69 Å². The monoisotopic (exact) mass is 381 g/mol. The van der Waals surface area contributed by atoms with Crippen LogP contribution >= 0.6 is 0 Å². The molecule has 2 unspecified atom stereocenters. The van der Waals surface area contributed by atoms with E-state index in [0.717, 1.165) is 16.6 Å². The molecule has 2 N–H and O–H groups in total. The van der Waals surface area contributed by atoms with Crippen LogP contribution in [0.15, 0.2) is 91.0 Å². The number of benzene rings is 4. The van der Waals surface area contributed by atoms with Crippen molar-refractivity contribution in [1.29, 1.82) is 0 Å². The van der Waals surface area contributed by atoms with Crippen molar-refractivity contribution >= 4 is 16.5 Å². The third-order valence-corrected chi connectivity index (χ3v) is 5.49. The highest BCUT2D eigenvalue weighted by molar-refractivity contribution is 5.83. The van der Waals surface area contributed by atoms with Gasteiger partial charge in [-0.3, -0.25) is 0 Å². The molecule has 0 amide bonds. The van der Waals surface area contributed by atoms with Crippen LogP contribution < -0.4 is 5.32 Å². The van der Waals surface area contributed by atoms with Gasteiger partial charge in [0.1, 0.15) is 0 Å². The molecule has 4 aromatic rings. The molecule has 0 heterocycles. The normalized spacial score (nSPS) is 13.2. The van der Waals surface area contributed by atoms with Crippen molar-refractivity contribution in [3.8, 4) is 0 Å². The molecule has 2 nitrogen and oxygen atoms in total. The van der Waals surface area contributed by atoms with Gasteiger partial charge in [0.05, 0.1) is 12.1 Å². The van der Waals surface area contributed by atoms with E-state index in [2.05, 4.69) is 92.0 Å². The highest BCUT2D eigenvalue weighted by atomic mass is 16.3. The van der Waals surface area contributed by atoms with Crippen molar-refractivity contribution in [3.05, 3.63) is 113 Å². The smallest absolute Gasteiger partial charge is 0.0813 e. The minimum Gasteiger partial charge on any atom is -0.388 e. The number of aryl methyl sites for hydroxylation is 2. The second-order valence-electron chi connectivity index (χ2n) is 7.83. The second-order valence-corrected chi connectivity index (χ2v) is 7.83. The van der Waals surface area contributed by atoms with Crippen molar-refractivity contribution in [2.75, 3.05) is 5.32 Å². The summed E-state index contributed by atoms with van der Waals surface area (Å²) < 4.78 is 0. The van der Waals surface area contributed by atoms with Crippen LogP contribution in [-0.4, -0.2) is 5.11 Å². The van der Waals surface area contributed by atoms with E-state index in [1.54, 1.807) is 0 Å². The minimum atomic E-state index is -0.552. The molecule has 0 bridgehead atoms. The van der Waals surface area contributed by atoms with Crippen LogP contribution in [0.25, 0.3) is 10.8 Å². The number of aliphatic hydroxyl groups excluding tert-OH is 1. The predicted molar refractivity (Wildman–Crippen MR) is 122 cm³/mol. The van der Waals surface area contributed by atoms with Gasteiger partial charge in [-0.2, -0.15) is 0 Å². The summed E-state index contributed by atoms with van der Waals surface area (Å²) in [7, 11) is 0. The summed E-state index contributed by atoms with van der Waals surface area (Å²) in [6, 6.07) is 31.4. The van der Waals surface area contributed by atoms with Gasteiger partial charge in [0.2, 0.25) is 0 Å². The molecular formula is C27H27NO. The zero-order chi connectivity index (χ0) is 20.2. The first kappa shape index (κ1) is 19.2. The standard InChI is InChI=1S/C27H27NO/c1-19-7-11-22(12-8-19)26(28-25-15-9-20(2)10-16-25)18-27(29)24-14-13-21-5-3-4-6-23(21)17-24/h3-17,26-29H,18H2,1-2H3. The molecule has 0 fully saturated rings. The van der Waals surface area contributed by atoms with Crippen molar-refractivity contribution in [2.24, 2.45) is 0 Å². The van der Waals surface area contributed by atoms with Crippen molar-refractivity contribution in [1.82, 2.24) is 0 Å². The van der Waals surface area contributed by atoms with E-state index in [4.69, 9.17) is 0 Å². The Hall–Kier alpha value is -3.10. The second kappa shape index (κ2) is 8.50. The molecule has 29 heavy (non-hydrogen) atoms. The molecule has 0 aliphatic rings. The van der Waals surface area contributed by atoms with Gasteiger partial charge in [-0.25, -0.2) is 0 Å². The molecule has 2 heteroatoms. The Balaban J connectivity index is 1.60. The Bertz CT molecular complexity index is 1080. The van der Waals surface area contributed by atoms with Crippen LogP contribution in [0.2, 0.25) is 0 Å². The van der Waals surface area contributed by atoms with Gasteiger partial charge in [0.25, 0.3) is 0 Å². The lowest BCUT2D eigenvalue weighted by molar-refractivity contribution is 0.161. The van der Waals surface area contributed by atoms with Crippen molar-refractivity contribution < 1.29 is 5.11 Å². The Morgan fingerprint density at radius 2 is 1.28 bits per heavy atom.